The Hall–Kier alpha value is -1.35. The van der Waals surface area contributed by atoms with Gasteiger partial charge in [-0.2, -0.15) is 0 Å². The number of carbonyl (C=O) groups excluding carboxylic acids is 1. The Morgan fingerprint density at radius 1 is 1.20 bits per heavy atom. The van der Waals surface area contributed by atoms with Gasteiger partial charge in [0.1, 0.15) is 0 Å². The van der Waals surface area contributed by atoms with Crippen molar-refractivity contribution in [1.29, 1.82) is 0 Å². The second kappa shape index (κ2) is 5.51. The summed E-state index contributed by atoms with van der Waals surface area (Å²) >= 11 is 0. The van der Waals surface area contributed by atoms with Gasteiger partial charge in [0.05, 0.1) is 6.04 Å². The summed E-state index contributed by atoms with van der Waals surface area (Å²) in [6, 6.07) is 10.2. The molecule has 0 aliphatic carbocycles. The van der Waals surface area contributed by atoms with Crippen molar-refractivity contribution in [1.82, 2.24) is 9.80 Å². The average molecular weight is 206 g/mol. The molecule has 15 heavy (non-hydrogen) atoms. The van der Waals surface area contributed by atoms with Gasteiger partial charge in [0, 0.05) is 13.6 Å². The summed E-state index contributed by atoms with van der Waals surface area (Å²) in [5.74, 6) is 0. The highest BCUT2D eigenvalue weighted by Gasteiger charge is 2.15. The molecule has 1 unspecified atom stereocenters. The van der Waals surface area contributed by atoms with E-state index in [4.69, 9.17) is 0 Å². The van der Waals surface area contributed by atoms with E-state index in [1.807, 2.05) is 51.5 Å². The van der Waals surface area contributed by atoms with Crippen LogP contribution in [0, 0.1) is 0 Å². The Balaban J connectivity index is 2.85. The predicted molar refractivity (Wildman–Crippen MR) is 61.6 cm³/mol. The minimum Gasteiger partial charge on any atom is -0.340 e. The van der Waals surface area contributed by atoms with E-state index in [0.717, 1.165) is 13.0 Å². The Bertz CT molecular complexity index is 298. The second-order valence-electron chi connectivity index (χ2n) is 3.96. The molecule has 0 bridgehead atoms. The molecule has 1 aromatic rings. The van der Waals surface area contributed by atoms with Crippen molar-refractivity contribution in [2.75, 3.05) is 27.7 Å². The topological polar surface area (TPSA) is 23.6 Å². The van der Waals surface area contributed by atoms with Crippen LogP contribution in [0.25, 0.3) is 0 Å². The van der Waals surface area contributed by atoms with Crippen LogP contribution in [-0.4, -0.2) is 43.9 Å². The van der Waals surface area contributed by atoms with Crippen molar-refractivity contribution in [3.05, 3.63) is 35.9 Å². The average Bonchev–Trinajstić information content (AvgIpc) is 2.26. The summed E-state index contributed by atoms with van der Waals surface area (Å²) in [4.78, 5) is 14.6. The molecule has 1 amide bonds. The van der Waals surface area contributed by atoms with Crippen molar-refractivity contribution in [3.8, 4) is 0 Å². The maximum absolute atomic E-state index is 10.8. The quantitative estimate of drug-likeness (QED) is 0.679. The first kappa shape index (κ1) is 11.7. The lowest BCUT2D eigenvalue weighted by Crippen LogP contribution is -2.32. The molecule has 0 N–H and O–H groups in total. The van der Waals surface area contributed by atoms with E-state index in [1.165, 1.54) is 5.56 Å². The fourth-order valence-electron chi connectivity index (χ4n) is 1.56. The van der Waals surface area contributed by atoms with Gasteiger partial charge in [-0.05, 0) is 19.7 Å². The van der Waals surface area contributed by atoms with E-state index in [1.54, 1.807) is 4.90 Å². The van der Waals surface area contributed by atoms with Crippen LogP contribution in [0.4, 0.5) is 0 Å². The fraction of sp³-hybridized carbons (Fsp3) is 0.417. The minimum absolute atomic E-state index is 0.124. The van der Waals surface area contributed by atoms with Crippen molar-refractivity contribution >= 4 is 6.41 Å². The molecule has 1 atom stereocenters. The lowest BCUT2D eigenvalue weighted by Gasteiger charge is -2.27. The number of nitrogens with zero attached hydrogens (tertiary/aromatic N) is 2. The van der Waals surface area contributed by atoms with Gasteiger partial charge in [0.15, 0.2) is 0 Å². The summed E-state index contributed by atoms with van der Waals surface area (Å²) in [5, 5.41) is 0. The molecule has 1 aromatic carbocycles. The molecule has 0 fully saturated rings. The summed E-state index contributed by atoms with van der Waals surface area (Å²) < 4.78 is 0. The van der Waals surface area contributed by atoms with Crippen LogP contribution in [-0.2, 0) is 4.79 Å². The van der Waals surface area contributed by atoms with E-state index >= 15 is 0 Å². The smallest absolute Gasteiger partial charge is 0.210 e. The Morgan fingerprint density at radius 2 is 1.80 bits per heavy atom. The standard InChI is InChI=1S/C12H18N2O/c1-13(2)9-12(14(3)10-15)11-7-5-4-6-8-11/h4-8,10,12H,9H2,1-3H3. The molecule has 0 aliphatic heterocycles. The monoisotopic (exact) mass is 206 g/mol. The van der Waals surface area contributed by atoms with Crippen molar-refractivity contribution in [2.45, 2.75) is 6.04 Å². The third-order valence-electron chi connectivity index (χ3n) is 2.38. The van der Waals surface area contributed by atoms with E-state index in [9.17, 15) is 4.79 Å². The van der Waals surface area contributed by atoms with Crippen LogP contribution in [0.2, 0.25) is 0 Å². The van der Waals surface area contributed by atoms with Gasteiger partial charge in [-0.15, -0.1) is 0 Å². The van der Waals surface area contributed by atoms with Gasteiger partial charge in [0.2, 0.25) is 6.41 Å². The van der Waals surface area contributed by atoms with Crippen LogP contribution in [0.1, 0.15) is 11.6 Å². The highest BCUT2D eigenvalue weighted by Crippen LogP contribution is 2.18. The molecule has 0 aliphatic rings. The molecule has 3 nitrogen and oxygen atoms in total. The SMILES string of the molecule is CN(C)CC(c1ccccc1)N(C)C=O. The normalized spacial score (nSPS) is 12.5. The van der Waals surface area contributed by atoms with Crippen molar-refractivity contribution < 1.29 is 4.79 Å². The van der Waals surface area contributed by atoms with E-state index < -0.39 is 0 Å². The first-order valence-electron chi connectivity index (χ1n) is 5.02. The number of rotatable bonds is 5. The van der Waals surface area contributed by atoms with Gasteiger partial charge in [0.25, 0.3) is 0 Å². The molecule has 0 aromatic heterocycles. The summed E-state index contributed by atoms with van der Waals surface area (Å²) in [7, 11) is 5.83. The van der Waals surface area contributed by atoms with Crippen molar-refractivity contribution in [2.24, 2.45) is 0 Å². The lowest BCUT2D eigenvalue weighted by molar-refractivity contribution is -0.119. The van der Waals surface area contributed by atoms with Crippen LogP contribution in [0.5, 0.6) is 0 Å². The molecule has 1 rings (SSSR count). The number of carbonyl (C=O) groups is 1. The van der Waals surface area contributed by atoms with Gasteiger partial charge >= 0.3 is 0 Å². The first-order chi connectivity index (χ1) is 7.15. The molecule has 0 spiro atoms. The summed E-state index contributed by atoms with van der Waals surface area (Å²) in [5.41, 5.74) is 1.17. The van der Waals surface area contributed by atoms with Crippen LogP contribution in [0.3, 0.4) is 0 Å². The zero-order chi connectivity index (χ0) is 11.3. The second-order valence-corrected chi connectivity index (χ2v) is 3.96. The number of likely N-dealkylation sites (N-methyl/N-ethyl adjacent to an activating group) is 2. The largest absolute Gasteiger partial charge is 0.340 e. The first-order valence-corrected chi connectivity index (χ1v) is 5.02. The zero-order valence-corrected chi connectivity index (χ0v) is 9.55. The van der Waals surface area contributed by atoms with Gasteiger partial charge in [-0.3, -0.25) is 4.79 Å². The van der Waals surface area contributed by atoms with E-state index in [-0.39, 0.29) is 6.04 Å². The third-order valence-corrected chi connectivity index (χ3v) is 2.38. The van der Waals surface area contributed by atoms with Crippen LogP contribution in [0.15, 0.2) is 30.3 Å². The van der Waals surface area contributed by atoms with Crippen LogP contribution >= 0.6 is 0 Å². The molecule has 0 heterocycles. The Kier molecular flexibility index (Phi) is 4.31. The third kappa shape index (κ3) is 3.36. The van der Waals surface area contributed by atoms with Crippen molar-refractivity contribution in [3.63, 3.8) is 0 Å². The van der Waals surface area contributed by atoms with E-state index in [0.29, 0.717) is 0 Å². The number of amides is 1. The van der Waals surface area contributed by atoms with Gasteiger partial charge < -0.3 is 9.80 Å². The fourth-order valence-corrected chi connectivity index (χ4v) is 1.56. The number of hydrogen-bond donors (Lipinski definition) is 0. The number of benzene rings is 1. The highest BCUT2D eigenvalue weighted by molar-refractivity contribution is 5.48. The van der Waals surface area contributed by atoms with Gasteiger partial charge in [-0.1, -0.05) is 30.3 Å². The maximum atomic E-state index is 10.8. The summed E-state index contributed by atoms with van der Waals surface area (Å²) in [6.07, 6.45) is 0.876. The van der Waals surface area contributed by atoms with Crippen LogP contribution < -0.4 is 0 Å². The molecular formula is C12H18N2O. The van der Waals surface area contributed by atoms with E-state index in [2.05, 4.69) is 4.90 Å². The maximum Gasteiger partial charge on any atom is 0.210 e. The molecule has 3 heteroatoms. The minimum atomic E-state index is 0.124. The number of hydrogen-bond acceptors (Lipinski definition) is 2. The lowest BCUT2D eigenvalue weighted by atomic mass is 10.1. The molecule has 0 radical (unpaired) electrons. The molecule has 82 valence electrons. The highest BCUT2D eigenvalue weighted by atomic mass is 16.1. The summed E-state index contributed by atoms with van der Waals surface area (Å²) in [6.45, 7) is 0.833. The molecule has 0 saturated carbocycles. The Labute approximate surface area is 91.3 Å². The van der Waals surface area contributed by atoms with Gasteiger partial charge in [-0.25, -0.2) is 0 Å². The predicted octanol–water partition coefficient (Wildman–Crippen LogP) is 1.38. The zero-order valence-electron chi connectivity index (χ0n) is 9.55. The molecule has 0 saturated heterocycles. The Morgan fingerprint density at radius 3 is 2.27 bits per heavy atom. The molecular weight excluding hydrogens is 188 g/mol.